The molecule has 0 aromatic carbocycles. The number of aryl methyl sites for hydroxylation is 1. The fraction of sp³-hybridized carbons (Fsp3) is 0.400. The molecule has 0 aliphatic heterocycles. The normalized spacial score (nSPS) is 12.2. The van der Waals surface area contributed by atoms with Crippen LogP contribution in [0.25, 0.3) is 0 Å². The van der Waals surface area contributed by atoms with E-state index in [-0.39, 0.29) is 5.92 Å². The van der Waals surface area contributed by atoms with E-state index < -0.39 is 0 Å². The number of aliphatic imine (C=N–C) groups is 1. The van der Waals surface area contributed by atoms with Crippen molar-refractivity contribution >= 4 is 11.5 Å². The molecule has 0 radical (unpaired) electrons. The lowest BCUT2D eigenvalue weighted by atomic mass is 10.2. The minimum atomic E-state index is 0.278. The first-order valence-corrected chi connectivity index (χ1v) is 4.35. The van der Waals surface area contributed by atoms with E-state index in [1.165, 1.54) is 0 Å². The van der Waals surface area contributed by atoms with Gasteiger partial charge in [0.25, 0.3) is 0 Å². The van der Waals surface area contributed by atoms with Crippen molar-refractivity contribution in [1.82, 2.24) is 4.98 Å². The number of aromatic nitrogens is 1. The SMILES string of the molecule is Cc1cncc(N=C(N)C(C)C)c1. The van der Waals surface area contributed by atoms with E-state index >= 15 is 0 Å². The Balaban J connectivity index is 2.91. The summed E-state index contributed by atoms with van der Waals surface area (Å²) in [6.45, 7) is 6.02. The monoisotopic (exact) mass is 177 g/mol. The maximum Gasteiger partial charge on any atom is 0.102 e. The van der Waals surface area contributed by atoms with Gasteiger partial charge >= 0.3 is 0 Å². The predicted molar refractivity (Wildman–Crippen MR) is 55.1 cm³/mol. The Morgan fingerprint density at radius 2 is 2.15 bits per heavy atom. The number of pyridine rings is 1. The Morgan fingerprint density at radius 1 is 1.46 bits per heavy atom. The van der Waals surface area contributed by atoms with Gasteiger partial charge in [-0.3, -0.25) is 4.98 Å². The second-order valence-corrected chi connectivity index (χ2v) is 3.41. The lowest BCUT2D eigenvalue weighted by Gasteiger charge is -2.03. The van der Waals surface area contributed by atoms with Crippen LogP contribution in [0.4, 0.5) is 5.69 Å². The summed E-state index contributed by atoms with van der Waals surface area (Å²) in [6, 6.07) is 1.96. The molecule has 13 heavy (non-hydrogen) atoms. The zero-order valence-electron chi connectivity index (χ0n) is 8.28. The average Bonchev–Trinajstić information content (AvgIpc) is 2.04. The third-order valence-electron chi connectivity index (χ3n) is 1.71. The van der Waals surface area contributed by atoms with Crippen LogP contribution in [0.1, 0.15) is 19.4 Å². The van der Waals surface area contributed by atoms with E-state index in [1.807, 2.05) is 26.8 Å². The molecule has 3 nitrogen and oxygen atoms in total. The minimum Gasteiger partial charge on any atom is -0.387 e. The molecule has 0 saturated carbocycles. The molecule has 0 amide bonds. The van der Waals surface area contributed by atoms with Gasteiger partial charge in [-0.2, -0.15) is 0 Å². The molecule has 0 spiro atoms. The zero-order valence-corrected chi connectivity index (χ0v) is 8.28. The Hall–Kier alpha value is -1.38. The lowest BCUT2D eigenvalue weighted by molar-refractivity contribution is 0.872. The molecule has 0 bridgehead atoms. The van der Waals surface area contributed by atoms with Crippen LogP contribution < -0.4 is 5.73 Å². The molecule has 1 rings (SSSR count). The molecule has 0 aliphatic rings. The number of rotatable bonds is 2. The highest BCUT2D eigenvalue weighted by atomic mass is 14.9. The van der Waals surface area contributed by atoms with Crippen LogP contribution in [0.15, 0.2) is 23.5 Å². The maximum atomic E-state index is 5.72. The molecule has 1 aromatic rings. The fourth-order valence-corrected chi connectivity index (χ4v) is 0.878. The van der Waals surface area contributed by atoms with Crippen molar-refractivity contribution in [3.8, 4) is 0 Å². The second kappa shape index (κ2) is 4.03. The summed E-state index contributed by atoms with van der Waals surface area (Å²) in [7, 11) is 0. The topological polar surface area (TPSA) is 51.3 Å². The third-order valence-corrected chi connectivity index (χ3v) is 1.71. The molecule has 1 heterocycles. The summed E-state index contributed by atoms with van der Waals surface area (Å²) in [4.78, 5) is 8.29. The van der Waals surface area contributed by atoms with Gasteiger partial charge in [0.2, 0.25) is 0 Å². The number of hydrogen-bond acceptors (Lipinski definition) is 2. The van der Waals surface area contributed by atoms with Gasteiger partial charge in [0.1, 0.15) is 5.84 Å². The van der Waals surface area contributed by atoms with E-state index in [1.54, 1.807) is 12.4 Å². The molecular formula is C10H15N3. The molecule has 3 heteroatoms. The Labute approximate surface area is 78.7 Å². The van der Waals surface area contributed by atoms with Crippen molar-refractivity contribution in [3.63, 3.8) is 0 Å². The van der Waals surface area contributed by atoms with Crippen LogP contribution >= 0.6 is 0 Å². The average molecular weight is 177 g/mol. The number of nitrogens with two attached hydrogens (primary N) is 1. The van der Waals surface area contributed by atoms with Crippen LogP contribution in [-0.2, 0) is 0 Å². The molecule has 1 aromatic heterocycles. The van der Waals surface area contributed by atoms with E-state index in [0.29, 0.717) is 5.84 Å². The third kappa shape index (κ3) is 2.86. The first kappa shape index (κ1) is 9.71. The van der Waals surface area contributed by atoms with Crippen molar-refractivity contribution in [2.75, 3.05) is 0 Å². The summed E-state index contributed by atoms with van der Waals surface area (Å²) < 4.78 is 0. The Bertz CT molecular complexity index is 316. The lowest BCUT2D eigenvalue weighted by Crippen LogP contribution is -2.18. The van der Waals surface area contributed by atoms with Crippen LogP contribution in [0, 0.1) is 12.8 Å². The molecule has 0 unspecified atom stereocenters. The van der Waals surface area contributed by atoms with Gasteiger partial charge < -0.3 is 5.73 Å². The van der Waals surface area contributed by atoms with Gasteiger partial charge in [-0.05, 0) is 18.6 Å². The molecule has 0 atom stereocenters. The van der Waals surface area contributed by atoms with Gasteiger partial charge in [-0.1, -0.05) is 13.8 Å². The summed E-state index contributed by atoms with van der Waals surface area (Å²) in [5.41, 5.74) is 7.64. The maximum absolute atomic E-state index is 5.72. The van der Waals surface area contributed by atoms with Crippen molar-refractivity contribution in [1.29, 1.82) is 0 Å². The van der Waals surface area contributed by atoms with Gasteiger partial charge in [-0.15, -0.1) is 0 Å². The van der Waals surface area contributed by atoms with E-state index in [4.69, 9.17) is 5.73 Å². The largest absolute Gasteiger partial charge is 0.387 e. The van der Waals surface area contributed by atoms with Gasteiger partial charge in [0.15, 0.2) is 0 Å². The molecule has 0 aliphatic carbocycles. The highest BCUT2D eigenvalue weighted by molar-refractivity contribution is 5.84. The highest BCUT2D eigenvalue weighted by Crippen LogP contribution is 2.12. The summed E-state index contributed by atoms with van der Waals surface area (Å²) >= 11 is 0. The fourth-order valence-electron chi connectivity index (χ4n) is 0.878. The van der Waals surface area contributed by atoms with Gasteiger partial charge in [0, 0.05) is 12.1 Å². The quantitative estimate of drug-likeness (QED) is 0.555. The van der Waals surface area contributed by atoms with E-state index in [0.717, 1.165) is 11.3 Å². The van der Waals surface area contributed by atoms with Crippen LogP contribution in [0.2, 0.25) is 0 Å². The summed E-state index contributed by atoms with van der Waals surface area (Å²) in [6.07, 6.45) is 3.51. The van der Waals surface area contributed by atoms with Crippen molar-refractivity contribution < 1.29 is 0 Å². The number of nitrogens with zero attached hydrogens (tertiary/aromatic N) is 2. The van der Waals surface area contributed by atoms with Gasteiger partial charge in [0.05, 0.1) is 11.9 Å². The van der Waals surface area contributed by atoms with Crippen molar-refractivity contribution in [2.45, 2.75) is 20.8 Å². The van der Waals surface area contributed by atoms with Crippen LogP contribution in [0.3, 0.4) is 0 Å². The molecule has 0 saturated heterocycles. The smallest absolute Gasteiger partial charge is 0.102 e. The number of amidine groups is 1. The first-order valence-electron chi connectivity index (χ1n) is 4.35. The zero-order chi connectivity index (χ0) is 9.84. The first-order chi connectivity index (χ1) is 6.09. The van der Waals surface area contributed by atoms with E-state index in [2.05, 4.69) is 9.98 Å². The Kier molecular flexibility index (Phi) is 3.01. The van der Waals surface area contributed by atoms with Gasteiger partial charge in [-0.25, -0.2) is 4.99 Å². The Morgan fingerprint density at radius 3 is 2.69 bits per heavy atom. The molecule has 2 N–H and O–H groups in total. The molecule has 0 fully saturated rings. The summed E-state index contributed by atoms with van der Waals surface area (Å²) in [5.74, 6) is 0.924. The van der Waals surface area contributed by atoms with Crippen molar-refractivity contribution in [2.24, 2.45) is 16.6 Å². The second-order valence-electron chi connectivity index (χ2n) is 3.41. The molecular weight excluding hydrogens is 162 g/mol. The summed E-state index contributed by atoms with van der Waals surface area (Å²) in [5, 5.41) is 0. The van der Waals surface area contributed by atoms with Crippen LogP contribution in [0.5, 0.6) is 0 Å². The van der Waals surface area contributed by atoms with Crippen LogP contribution in [-0.4, -0.2) is 10.8 Å². The van der Waals surface area contributed by atoms with Crippen molar-refractivity contribution in [3.05, 3.63) is 24.0 Å². The highest BCUT2D eigenvalue weighted by Gasteiger charge is 1.99. The standard InChI is InChI=1S/C10H15N3/c1-7(2)10(11)13-9-4-8(3)5-12-6-9/h4-7H,1-3H3,(H2,11,13). The minimum absolute atomic E-state index is 0.278. The van der Waals surface area contributed by atoms with E-state index in [9.17, 15) is 0 Å². The number of hydrogen-bond donors (Lipinski definition) is 1. The molecule has 70 valence electrons. The predicted octanol–water partition coefficient (Wildman–Crippen LogP) is 2.03.